The van der Waals surface area contributed by atoms with Gasteiger partial charge in [-0.1, -0.05) is 22.9 Å². The van der Waals surface area contributed by atoms with E-state index in [1.807, 2.05) is 6.92 Å². The second kappa shape index (κ2) is 8.47. The smallest absolute Gasteiger partial charge is 0.243 e. The van der Waals surface area contributed by atoms with Crippen molar-refractivity contribution < 1.29 is 13.2 Å². The zero-order valence-electron chi connectivity index (χ0n) is 12.1. The third-order valence-corrected chi connectivity index (χ3v) is 5.11. The molecule has 0 aliphatic carbocycles. The summed E-state index contributed by atoms with van der Waals surface area (Å²) in [5.74, 6) is -0.323. The van der Waals surface area contributed by atoms with Crippen molar-refractivity contribution in [2.24, 2.45) is 0 Å². The Labute approximate surface area is 134 Å². The normalized spacial score (nSPS) is 11.6. The molecule has 8 heteroatoms. The summed E-state index contributed by atoms with van der Waals surface area (Å²) < 4.78 is 26.4. The van der Waals surface area contributed by atoms with E-state index in [4.69, 9.17) is 0 Å². The molecule has 0 heterocycles. The van der Waals surface area contributed by atoms with E-state index in [1.165, 1.54) is 19.2 Å². The lowest BCUT2D eigenvalue weighted by molar-refractivity contribution is -0.121. The highest BCUT2D eigenvalue weighted by Gasteiger charge is 2.22. The zero-order chi connectivity index (χ0) is 15.9. The highest BCUT2D eigenvalue weighted by Crippen LogP contribution is 2.17. The van der Waals surface area contributed by atoms with Gasteiger partial charge in [0.15, 0.2) is 0 Å². The number of hydrogen-bond donors (Lipinski definition) is 2. The van der Waals surface area contributed by atoms with Gasteiger partial charge in [-0.05, 0) is 30.8 Å². The van der Waals surface area contributed by atoms with E-state index in [9.17, 15) is 13.2 Å². The van der Waals surface area contributed by atoms with Gasteiger partial charge in [0, 0.05) is 24.6 Å². The second-order valence-electron chi connectivity index (χ2n) is 4.42. The van der Waals surface area contributed by atoms with Crippen LogP contribution in [0.25, 0.3) is 0 Å². The van der Waals surface area contributed by atoms with Crippen molar-refractivity contribution in [2.75, 3.05) is 33.2 Å². The van der Waals surface area contributed by atoms with Crippen molar-refractivity contribution in [2.45, 2.75) is 11.8 Å². The Morgan fingerprint density at radius 3 is 2.43 bits per heavy atom. The molecule has 1 amide bonds. The number of amides is 1. The molecule has 2 N–H and O–H groups in total. The Morgan fingerprint density at radius 1 is 1.24 bits per heavy atom. The summed E-state index contributed by atoms with van der Waals surface area (Å²) in [6, 6.07) is 6.30. The molecular formula is C13H20BrN3O3S. The van der Waals surface area contributed by atoms with E-state index in [0.717, 1.165) is 15.3 Å². The first kappa shape index (κ1) is 18.1. The number of likely N-dealkylation sites (N-methyl/N-ethyl adjacent to an activating group) is 2. The molecule has 1 aromatic carbocycles. The van der Waals surface area contributed by atoms with Crippen LogP contribution in [-0.2, 0) is 14.8 Å². The second-order valence-corrected chi connectivity index (χ2v) is 7.38. The van der Waals surface area contributed by atoms with Gasteiger partial charge in [0.1, 0.15) is 0 Å². The van der Waals surface area contributed by atoms with Crippen LogP contribution in [0.5, 0.6) is 0 Å². The monoisotopic (exact) mass is 377 g/mol. The van der Waals surface area contributed by atoms with E-state index in [0.29, 0.717) is 13.1 Å². The molecule has 21 heavy (non-hydrogen) atoms. The van der Waals surface area contributed by atoms with Crippen molar-refractivity contribution in [1.29, 1.82) is 0 Å². The number of benzene rings is 1. The molecule has 1 aromatic rings. The fourth-order valence-electron chi connectivity index (χ4n) is 1.60. The quantitative estimate of drug-likeness (QED) is 0.656. The average molecular weight is 378 g/mol. The summed E-state index contributed by atoms with van der Waals surface area (Å²) in [5.41, 5.74) is 0. The van der Waals surface area contributed by atoms with Gasteiger partial charge in [0.05, 0.1) is 11.4 Å². The molecule has 6 nitrogen and oxygen atoms in total. The predicted octanol–water partition coefficient (Wildman–Crippen LogP) is 0.795. The number of nitrogens with one attached hydrogen (secondary N) is 2. The maximum atomic E-state index is 12.3. The number of hydrogen-bond acceptors (Lipinski definition) is 4. The molecule has 0 bridgehead atoms. The molecule has 0 fully saturated rings. The minimum absolute atomic E-state index is 0.161. The van der Waals surface area contributed by atoms with Crippen molar-refractivity contribution >= 4 is 31.9 Å². The van der Waals surface area contributed by atoms with Crippen LogP contribution in [-0.4, -0.2) is 51.9 Å². The summed E-state index contributed by atoms with van der Waals surface area (Å²) >= 11 is 3.25. The van der Waals surface area contributed by atoms with Crippen LogP contribution in [0.3, 0.4) is 0 Å². The zero-order valence-corrected chi connectivity index (χ0v) is 14.5. The van der Waals surface area contributed by atoms with Crippen molar-refractivity contribution in [3.05, 3.63) is 28.7 Å². The highest BCUT2D eigenvalue weighted by molar-refractivity contribution is 9.10. The van der Waals surface area contributed by atoms with E-state index < -0.39 is 10.0 Å². The first-order chi connectivity index (χ1) is 9.87. The fourth-order valence-corrected chi connectivity index (χ4v) is 2.99. The van der Waals surface area contributed by atoms with E-state index in [2.05, 4.69) is 26.6 Å². The standard InChI is InChI=1S/C13H20BrN3O3S/c1-3-15-8-9-16-13(18)10-17(2)21(19,20)12-6-4-11(14)5-7-12/h4-7,15H,3,8-10H2,1-2H3,(H,16,18). The lowest BCUT2D eigenvalue weighted by Crippen LogP contribution is -2.40. The summed E-state index contributed by atoms with van der Waals surface area (Å²) in [6.07, 6.45) is 0. The van der Waals surface area contributed by atoms with Crippen LogP contribution in [0, 0.1) is 0 Å². The van der Waals surface area contributed by atoms with Crippen molar-refractivity contribution in [1.82, 2.24) is 14.9 Å². The summed E-state index contributed by atoms with van der Waals surface area (Å²) in [5, 5.41) is 5.73. The fraction of sp³-hybridized carbons (Fsp3) is 0.462. The number of sulfonamides is 1. The molecule has 0 aliphatic heterocycles. The van der Waals surface area contributed by atoms with Gasteiger partial charge in [0.2, 0.25) is 15.9 Å². The molecule has 118 valence electrons. The number of halogens is 1. The largest absolute Gasteiger partial charge is 0.354 e. The number of nitrogens with zero attached hydrogens (tertiary/aromatic N) is 1. The summed E-state index contributed by atoms with van der Waals surface area (Å²) in [7, 11) is -2.26. The first-order valence-electron chi connectivity index (χ1n) is 6.57. The Morgan fingerprint density at radius 2 is 1.86 bits per heavy atom. The van der Waals surface area contributed by atoms with Crippen LogP contribution >= 0.6 is 15.9 Å². The summed E-state index contributed by atoms with van der Waals surface area (Å²) in [4.78, 5) is 11.9. The molecular weight excluding hydrogens is 358 g/mol. The van der Waals surface area contributed by atoms with Gasteiger partial charge in [0.25, 0.3) is 0 Å². The number of carbonyl (C=O) groups excluding carboxylic acids is 1. The number of rotatable bonds is 8. The lowest BCUT2D eigenvalue weighted by atomic mass is 10.4. The van der Waals surface area contributed by atoms with Crippen LogP contribution in [0.2, 0.25) is 0 Å². The van der Waals surface area contributed by atoms with E-state index in [-0.39, 0.29) is 17.3 Å². The van der Waals surface area contributed by atoms with Gasteiger partial charge >= 0.3 is 0 Å². The minimum atomic E-state index is -3.65. The third-order valence-electron chi connectivity index (χ3n) is 2.76. The number of carbonyl (C=O) groups is 1. The average Bonchev–Trinajstić information content (AvgIpc) is 2.44. The molecule has 0 saturated heterocycles. The van der Waals surface area contributed by atoms with Gasteiger partial charge in [-0.25, -0.2) is 8.42 Å². The maximum Gasteiger partial charge on any atom is 0.243 e. The van der Waals surface area contributed by atoms with Crippen molar-refractivity contribution in [3.63, 3.8) is 0 Å². The Balaban J connectivity index is 2.59. The molecule has 0 aliphatic rings. The van der Waals surface area contributed by atoms with Crippen LogP contribution in [0.4, 0.5) is 0 Å². The van der Waals surface area contributed by atoms with E-state index in [1.54, 1.807) is 12.1 Å². The minimum Gasteiger partial charge on any atom is -0.354 e. The van der Waals surface area contributed by atoms with Gasteiger partial charge in [-0.2, -0.15) is 4.31 Å². The van der Waals surface area contributed by atoms with Gasteiger partial charge in [-0.3, -0.25) is 4.79 Å². The summed E-state index contributed by atoms with van der Waals surface area (Å²) in [6.45, 7) is 3.73. The van der Waals surface area contributed by atoms with Crippen LogP contribution in [0.15, 0.2) is 33.6 Å². The van der Waals surface area contributed by atoms with Gasteiger partial charge in [-0.15, -0.1) is 0 Å². The van der Waals surface area contributed by atoms with Gasteiger partial charge < -0.3 is 10.6 Å². The Kier molecular flexibility index (Phi) is 7.30. The lowest BCUT2D eigenvalue weighted by Gasteiger charge is -2.17. The maximum absolute atomic E-state index is 12.3. The van der Waals surface area contributed by atoms with Crippen LogP contribution < -0.4 is 10.6 Å². The third kappa shape index (κ3) is 5.74. The molecule has 1 rings (SSSR count). The first-order valence-corrected chi connectivity index (χ1v) is 8.80. The Hall–Kier alpha value is -0.960. The molecule has 0 aromatic heterocycles. The molecule has 0 spiro atoms. The molecule has 0 atom stereocenters. The van der Waals surface area contributed by atoms with E-state index >= 15 is 0 Å². The highest BCUT2D eigenvalue weighted by atomic mass is 79.9. The predicted molar refractivity (Wildman–Crippen MR) is 85.5 cm³/mol. The molecule has 0 saturated carbocycles. The van der Waals surface area contributed by atoms with Crippen molar-refractivity contribution in [3.8, 4) is 0 Å². The SMILES string of the molecule is CCNCCNC(=O)CN(C)S(=O)(=O)c1ccc(Br)cc1. The molecule has 0 unspecified atom stereocenters. The van der Waals surface area contributed by atoms with Crippen LogP contribution in [0.1, 0.15) is 6.92 Å². The Bertz CT molecular complexity index is 561. The molecule has 0 radical (unpaired) electrons. The topological polar surface area (TPSA) is 78.5 Å².